The first kappa shape index (κ1) is 13.7. The molecule has 0 aliphatic carbocycles. The maximum Gasteiger partial charge on any atom is 0.416 e. The van der Waals surface area contributed by atoms with Crippen molar-refractivity contribution in [2.75, 3.05) is 18.0 Å². The second-order valence-corrected chi connectivity index (χ2v) is 5.68. The lowest BCUT2D eigenvalue weighted by Gasteiger charge is -2.23. The number of hydrogen-bond acceptors (Lipinski definition) is 2. The molecule has 19 heavy (non-hydrogen) atoms. The van der Waals surface area contributed by atoms with Crippen LogP contribution in [0.4, 0.5) is 18.9 Å². The van der Waals surface area contributed by atoms with Crippen LogP contribution in [0.15, 0.2) is 18.2 Å². The Hall–Kier alpha value is -1.70. The number of halogens is 3. The van der Waals surface area contributed by atoms with E-state index in [1.807, 2.05) is 11.0 Å². The summed E-state index contributed by atoms with van der Waals surface area (Å²) >= 11 is 0. The maximum absolute atomic E-state index is 12.6. The van der Waals surface area contributed by atoms with Gasteiger partial charge in [0.2, 0.25) is 0 Å². The standard InChI is InChI=1S/C14H15F3N2/c1-13(2)5-6-19(9-13)12-4-3-11(14(15,16)17)7-10(12)8-18/h3-4,7H,5-6,9H2,1-2H3. The van der Waals surface area contributed by atoms with Crippen LogP contribution in [0.2, 0.25) is 0 Å². The molecule has 1 aromatic carbocycles. The van der Waals surface area contributed by atoms with Crippen LogP contribution in [-0.4, -0.2) is 13.1 Å². The first-order chi connectivity index (χ1) is 8.73. The number of rotatable bonds is 1. The topological polar surface area (TPSA) is 27.0 Å². The fourth-order valence-electron chi connectivity index (χ4n) is 2.40. The average Bonchev–Trinajstić information content (AvgIpc) is 2.67. The summed E-state index contributed by atoms with van der Waals surface area (Å²) in [6, 6.07) is 5.25. The lowest BCUT2D eigenvalue weighted by atomic mass is 9.93. The van der Waals surface area contributed by atoms with Crippen molar-refractivity contribution in [1.82, 2.24) is 0 Å². The van der Waals surface area contributed by atoms with E-state index in [9.17, 15) is 13.2 Å². The van der Waals surface area contributed by atoms with E-state index >= 15 is 0 Å². The van der Waals surface area contributed by atoms with E-state index in [2.05, 4.69) is 13.8 Å². The SMILES string of the molecule is CC1(C)CCN(c2ccc(C(F)(F)F)cc2C#N)C1. The zero-order valence-corrected chi connectivity index (χ0v) is 10.9. The maximum atomic E-state index is 12.6. The minimum absolute atomic E-state index is 0.0903. The fourth-order valence-corrected chi connectivity index (χ4v) is 2.40. The Balaban J connectivity index is 2.36. The molecular formula is C14H15F3N2. The summed E-state index contributed by atoms with van der Waals surface area (Å²) in [4.78, 5) is 1.98. The molecule has 0 amide bonds. The predicted octanol–water partition coefficient (Wildman–Crippen LogP) is 3.81. The van der Waals surface area contributed by atoms with Gasteiger partial charge in [-0.05, 0) is 30.0 Å². The summed E-state index contributed by atoms with van der Waals surface area (Å²) in [5.41, 5.74) is 0.0509. The molecule has 0 aromatic heterocycles. The van der Waals surface area contributed by atoms with Crippen molar-refractivity contribution < 1.29 is 13.2 Å². The number of nitrogens with zero attached hydrogens (tertiary/aromatic N) is 2. The molecule has 1 heterocycles. The number of anilines is 1. The van der Waals surface area contributed by atoms with Crippen molar-refractivity contribution in [2.24, 2.45) is 5.41 Å². The van der Waals surface area contributed by atoms with Crippen LogP contribution in [0.3, 0.4) is 0 Å². The van der Waals surface area contributed by atoms with Gasteiger partial charge in [-0.2, -0.15) is 18.4 Å². The van der Waals surface area contributed by atoms with Crippen molar-refractivity contribution in [1.29, 1.82) is 5.26 Å². The van der Waals surface area contributed by atoms with Crippen LogP contribution in [0.1, 0.15) is 31.4 Å². The van der Waals surface area contributed by atoms with Gasteiger partial charge in [0.25, 0.3) is 0 Å². The van der Waals surface area contributed by atoms with E-state index < -0.39 is 11.7 Å². The monoisotopic (exact) mass is 268 g/mol. The van der Waals surface area contributed by atoms with Gasteiger partial charge < -0.3 is 4.90 Å². The van der Waals surface area contributed by atoms with Gasteiger partial charge >= 0.3 is 6.18 Å². The first-order valence-electron chi connectivity index (χ1n) is 6.09. The van der Waals surface area contributed by atoms with E-state index in [0.717, 1.165) is 31.6 Å². The van der Waals surface area contributed by atoms with Crippen LogP contribution in [0, 0.1) is 16.7 Å². The smallest absolute Gasteiger partial charge is 0.370 e. The highest BCUT2D eigenvalue weighted by molar-refractivity contribution is 5.61. The molecule has 1 saturated heterocycles. The zero-order chi connectivity index (χ0) is 14.3. The van der Waals surface area contributed by atoms with E-state index in [1.54, 1.807) is 0 Å². The Kier molecular flexibility index (Phi) is 3.21. The molecule has 5 heteroatoms. The summed E-state index contributed by atoms with van der Waals surface area (Å²) in [5.74, 6) is 0. The normalized spacial score (nSPS) is 18.4. The molecule has 102 valence electrons. The second-order valence-electron chi connectivity index (χ2n) is 5.68. The zero-order valence-electron chi connectivity index (χ0n) is 10.9. The third-order valence-corrected chi connectivity index (χ3v) is 3.46. The molecule has 0 atom stereocenters. The summed E-state index contributed by atoms with van der Waals surface area (Å²) in [7, 11) is 0. The third-order valence-electron chi connectivity index (χ3n) is 3.46. The number of benzene rings is 1. The predicted molar refractivity (Wildman–Crippen MR) is 66.8 cm³/mol. The average molecular weight is 268 g/mol. The van der Waals surface area contributed by atoms with Crippen LogP contribution in [0.5, 0.6) is 0 Å². The minimum atomic E-state index is -4.41. The quantitative estimate of drug-likeness (QED) is 0.774. The van der Waals surface area contributed by atoms with Crippen molar-refractivity contribution in [3.05, 3.63) is 29.3 Å². The number of hydrogen-bond donors (Lipinski definition) is 0. The summed E-state index contributed by atoms with van der Waals surface area (Å²) in [6.45, 7) is 5.76. The molecule has 1 aliphatic heterocycles. The molecule has 1 aliphatic rings. The Morgan fingerprint density at radius 2 is 2.00 bits per heavy atom. The van der Waals surface area contributed by atoms with Gasteiger partial charge in [0, 0.05) is 13.1 Å². The second kappa shape index (κ2) is 4.44. The van der Waals surface area contributed by atoms with Gasteiger partial charge in [0.1, 0.15) is 6.07 Å². The molecule has 1 aromatic rings. The van der Waals surface area contributed by atoms with Crippen LogP contribution < -0.4 is 4.90 Å². The van der Waals surface area contributed by atoms with Crippen molar-refractivity contribution in [3.63, 3.8) is 0 Å². The highest BCUT2D eigenvalue weighted by Crippen LogP contribution is 2.36. The largest absolute Gasteiger partial charge is 0.416 e. The lowest BCUT2D eigenvalue weighted by molar-refractivity contribution is -0.137. The number of alkyl halides is 3. The van der Waals surface area contributed by atoms with E-state index in [1.165, 1.54) is 6.07 Å². The lowest BCUT2D eigenvalue weighted by Crippen LogP contribution is -2.23. The van der Waals surface area contributed by atoms with Gasteiger partial charge in [0.15, 0.2) is 0 Å². The van der Waals surface area contributed by atoms with Crippen molar-refractivity contribution >= 4 is 5.69 Å². The molecule has 2 nitrogen and oxygen atoms in total. The van der Waals surface area contributed by atoms with Crippen LogP contribution in [0.25, 0.3) is 0 Å². The molecule has 0 saturated carbocycles. The minimum Gasteiger partial charge on any atom is -0.370 e. The van der Waals surface area contributed by atoms with Gasteiger partial charge in [-0.1, -0.05) is 13.8 Å². The highest BCUT2D eigenvalue weighted by Gasteiger charge is 2.33. The van der Waals surface area contributed by atoms with Crippen LogP contribution >= 0.6 is 0 Å². The molecule has 0 bridgehead atoms. The summed E-state index contributed by atoms with van der Waals surface area (Å²) < 4.78 is 37.8. The first-order valence-corrected chi connectivity index (χ1v) is 6.09. The van der Waals surface area contributed by atoms with E-state index in [-0.39, 0.29) is 11.0 Å². The van der Waals surface area contributed by atoms with E-state index in [4.69, 9.17) is 5.26 Å². The molecule has 0 radical (unpaired) electrons. The molecule has 0 N–H and O–H groups in total. The van der Waals surface area contributed by atoms with Gasteiger partial charge in [-0.3, -0.25) is 0 Å². The molecule has 1 fully saturated rings. The fraction of sp³-hybridized carbons (Fsp3) is 0.500. The highest BCUT2D eigenvalue weighted by atomic mass is 19.4. The van der Waals surface area contributed by atoms with Crippen molar-refractivity contribution in [2.45, 2.75) is 26.4 Å². The van der Waals surface area contributed by atoms with Gasteiger partial charge in [0.05, 0.1) is 16.8 Å². The summed E-state index contributed by atoms with van der Waals surface area (Å²) in [6.07, 6.45) is -3.44. The Morgan fingerprint density at radius 1 is 1.32 bits per heavy atom. The summed E-state index contributed by atoms with van der Waals surface area (Å²) in [5, 5.41) is 9.06. The van der Waals surface area contributed by atoms with Gasteiger partial charge in [-0.25, -0.2) is 0 Å². The van der Waals surface area contributed by atoms with Crippen molar-refractivity contribution in [3.8, 4) is 6.07 Å². The Morgan fingerprint density at radius 3 is 2.47 bits per heavy atom. The van der Waals surface area contributed by atoms with E-state index in [0.29, 0.717) is 5.69 Å². The molecular weight excluding hydrogens is 253 g/mol. The van der Waals surface area contributed by atoms with Gasteiger partial charge in [-0.15, -0.1) is 0 Å². The van der Waals surface area contributed by atoms with Crippen LogP contribution in [-0.2, 0) is 6.18 Å². The Labute approximate surface area is 110 Å². The third kappa shape index (κ3) is 2.83. The molecule has 0 spiro atoms. The Bertz CT molecular complexity index is 526. The molecule has 2 rings (SSSR count). The number of nitriles is 1. The molecule has 0 unspecified atom stereocenters.